The highest BCUT2D eigenvalue weighted by Crippen LogP contribution is 2.31. The number of nitrogens with one attached hydrogen (secondary N) is 1. The molecular formula is C16H21ClN2O2. The molecule has 0 saturated carbocycles. The van der Waals surface area contributed by atoms with Crippen molar-refractivity contribution in [1.82, 2.24) is 5.32 Å². The molecule has 4 nitrogen and oxygen atoms in total. The zero-order valence-electron chi connectivity index (χ0n) is 12.6. The van der Waals surface area contributed by atoms with E-state index < -0.39 is 0 Å². The Hall–Kier alpha value is -1.55. The van der Waals surface area contributed by atoms with Crippen molar-refractivity contribution >= 4 is 29.1 Å². The molecule has 0 spiro atoms. The van der Waals surface area contributed by atoms with Gasteiger partial charge in [0.15, 0.2) is 0 Å². The van der Waals surface area contributed by atoms with Crippen LogP contribution < -0.4 is 10.2 Å². The molecule has 5 heteroatoms. The Morgan fingerprint density at radius 2 is 2.24 bits per heavy atom. The third-order valence-corrected chi connectivity index (χ3v) is 4.44. The molecule has 114 valence electrons. The SMILES string of the molecule is CC[C@H](C)NC(=O)[C@H]1CC(=O)N(c2cccc(Cl)c2C)C1. The molecule has 21 heavy (non-hydrogen) atoms. The lowest BCUT2D eigenvalue weighted by Crippen LogP contribution is -2.38. The maximum absolute atomic E-state index is 12.2. The molecule has 2 rings (SSSR count). The van der Waals surface area contributed by atoms with E-state index in [2.05, 4.69) is 5.32 Å². The zero-order valence-corrected chi connectivity index (χ0v) is 13.4. The Balaban J connectivity index is 2.13. The number of anilines is 1. The van der Waals surface area contributed by atoms with Crippen molar-refractivity contribution in [3.05, 3.63) is 28.8 Å². The summed E-state index contributed by atoms with van der Waals surface area (Å²) in [7, 11) is 0. The molecule has 1 saturated heterocycles. The van der Waals surface area contributed by atoms with Crippen molar-refractivity contribution in [2.45, 2.75) is 39.7 Å². The Bertz CT molecular complexity index is 559. The number of nitrogens with zero attached hydrogens (tertiary/aromatic N) is 1. The van der Waals surface area contributed by atoms with E-state index in [1.54, 1.807) is 11.0 Å². The normalized spacial score (nSPS) is 19.7. The van der Waals surface area contributed by atoms with Crippen molar-refractivity contribution < 1.29 is 9.59 Å². The van der Waals surface area contributed by atoms with Crippen molar-refractivity contribution in [3.63, 3.8) is 0 Å². The molecule has 1 heterocycles. The number of carbonyl (C=O) groups is 2. The second kappa shape index (κ2) is 6.48. The first-order valence-electron chi connectivity index (χ1n) is 7.29. The average molecular weight is 309 g/mol. The number of halogens is 1. The quantitative estimate of drug-likeness (QED) is 0.929. The average Bonchev–Trinajstić information content (AvgIpc) is 2.83. The Morgan fingerprint density at radius 3 is 2.90 bits per heavy atom. The lowest BCUT2D eigenvalue weighted by atomic mass is 10.1. The minimum absolute atomic E-state index is 0.0235. The fourth-order valence-corrected chi connectivity index (χ4v) is 2.64. The number of rotatable bonds is 4. The molecule has 0 aromatic heterocycles. The third-order valence-electron chi connectivity index (χ3n) is 4.03. The summed E-state index contributed by atoms with van der Waals surface area (Å²) < 4.78 is 0. The Kier molecular flexibility index (Phi) is 4.88. The summed E-state index contributed by atoms with van der Waals surface area (Å²) in [6, 6.07) is 5.63. The van der Waals surface area contributed by atoms with Crippen molar-refractivity contribution in [3.8, 4) is 0 Å². The topological polar surface area (TPSA) is 49.4 Å². The number of hydrogen-bond acceptors (Lipinski definition) is 2. The van der Waals surface area contributed by atoms with E-state index in [1.807, 2.05) is 32.9 Å². The highest BCUT2D eigenvalue weighted by Gasteiger charge is 2.36. The van der Waals surface area contributed by atoms with Crippen LogP contribution in [-0.4, -0.2) is 24.4 Å². The summed E-state index contributed by atoms with van der Waals surface area (Å²) in [4.78, 5) is 26.1. The highest BCUT2D eigenvalue weighted by atomic mass is 35.5. The van der Waals surface area contributed by atoms with Gasteiger partial charge in [-0.15, -0.1) is 0 Å². The maximum Gasteiger partial charge on any atom is 0.227 e. The second-order valence-corrected chi connectivity index (χ2v) is 6.01. The molecular weight excluding hydrogens is 288 g/mol. The molecule has 2 amide bonds. The Morgan fingerprint density at radius 1 is 1.52 bits per heavy atom. The lowest BCUT2D eigenvalue weighted by Gasteiger charge is -2.20. The van der Waals surface area contributed by atoms with Crippen LogP contribution in [-0.2, 0) is 9.59 Å². The number of carbonyl (C=O) groups excluding carboxylic acids is 2. The molecule has 1 aromatic rings. The fourth-order valence-electron chi connectivity index (χ4n) is 2.47. The van der Waals surface area contributed by atoms with Gasteiger partial charge in [0, 0.05) is 29.7 Å². The van der Waals surface area contributed by atoms with Gasteiger partial charge < -0.3 is 10.2 Å². The van der Waals surface area contributed by atoms with E-state index in [4.69, 9.17) is 11.6 Å². The standard InChI is InChI=1S/C16H21ClN2O2/c1-4-10(2)18-16(21)12-8-15(20)19(9-12)14-7-5-6-13(17)11(14)3/h5-7,10,12H,4,8-9H2,1-3H3,(H,18,21)/t10-,12-/m0/s1. The van der Waals surface area contributed by atoms with Gasteiger partial charge in [-0.25, -0.2) is 0 Å². The van der Waals surface area contributed by atoms with Gasteiger partial charge in [0.2, 0.25) is 11.8 Å². The van der Waals surface area contributed by atoms with Gasteiger partial charge >= 0.3 is 0 Å². The van der Waals surface area contributed by atoms with Crippen LogP contribution in [0.4, 0.5) is 5.69 Å². The van der Waals surface area contributed by atoms with Gasteiger partial charge in [-0.2, -0.15) is 0 Å². The maximum atomic E-state index is 12.2. The van der Waals surface area contributed by atoms with Crippen LogP contribution in [0.25, 0.3) is 0 Å². The van der Waals surface area contributed by atoms with Gasteiger partial charge in [-0.1, -0.05) is 24.6 Å². The molecule has 1 aliphatic rings. The van der Waals surface area contributed by atoms with Gasteiger partial charge in [-0.05, 0) is 38.0 Å². The molecule has 0 radical (unpaired) electrons. The summed E-state index contributed by atoms with van der Waals surface area (Å²) in [5.41, 5.74) is 1.67. The molecule has 2 atom stereocenters. The molecule has 0 unspecified atom stereocenters. The Labute approximate surface area is 130 Å². The first kappa shape index (κ1) is 15.8. The van der Waals surface area contributed by atoms with Crippen LogP contribution in [0.1, 0.15) is 32.3 Å². The monoisotopic (exact) mass is 308 g/mol. The van der Waals surface area contributed by atoms with Crippen LogP contribution in [0.5, 0.6) is 0 Å². The van der Waals surface area contributed by atoms with Crippen LogP contribution in [0.2, 0.25) is 5.02 Å². The van der Waals surface area contributed by atoms with Crippen LogP contribution in [0.15, 0.2) is 18.2 Å². The van der Waals surface area contributed by atoms with Crippen molar-refractivity contribution in [2.24, 2.45) is 5.92 Å². The summed E-state index contributed by atoms with van der Waals surface area (Å²) in [6.07, 6.45) is 1.14. The van der Waals surface area contributed by atoms with Crippen molar-refractivity contribution in [1.29, 1.82) is 0 Å². The number of benzene rings is 1. The molecule has 1 fully saturated rings. The van der Waals surface area contributed by atoms with E-state index in [1.165, 1.54) is 0 Å². The molecule has 1 aromatic carbocycles. The summed E-state index contributed by atoms with van der Waals surface area (Å²) >= 11 is 6.11. The van der Waals surface area contributed by atoms with E-state index in [-0.39, 0.29) is 30.2 Å². The summed E-state index contributed by atoms with van der Waals surface area (Å²) in [6.45, 7) is 6.29. The van der Waals surface area contributed by atoms with E-state index >= 15 is 0 Å². The summed E-state index contributed by atoms with van der Waals surface area (Å²) in [5, 5.41) is 3.58. The summed E-state index contributed by atoms with van der Waals surface area (Å²) in [5.74, 6) is -0.352. The van der Waals surface area contributed by atoms with Gasteiger partial charge in [0.1, 0.15) is 0 Å². The minimum atomic E-state index is -0.287. The van der Waals surface area contributed by atoms with E-state index in [0.29, 0.717) is 11.6 Å². The molecule has 1 N–H and O–H groups in total. The number of amides is 2. The molecule has 0 bridgehead atoms. The number of hydrogen-bond donors (Lipinski definition) is 1. The minimum Gasteiger partial charge on any atom is -0.353 e. The molecule has 1 aliphatic heterocycles. The predicted molar refractivity (Wildman–Crippen MR) is 84.5 cm³/mol. The molecule has 0 aliphatic carbocycles. The van der Waals surface area contributed by atoms with Gasteiger partial charge in [-0.3, -0.25) is 9.59 Å². The first-order valence-corrected chi connectivity index (χ1v) is 7.67. The van der Waals surface area contributed by atoms with Gasteiger partial charge in [0.25, 0.3) is 0 Å². The first-order chi connectivity index (χ1) is 9.93. The zero-order chi connectivity index (χ0) is 15.6. The second-order valence-electron chi connectivity index (χ2n) is 5.61. The van der Waals surface area contributed by atoms with Gasteiger partial charge in [0.05, 0.1) is 5.92 Å². The van der Waals surface area contributed by atoms with Crippen LogP contribution >= 0.6 is 11.6 Å². The van der Waals surface area contributed by atoms with Crippen LogP contribution in [0.3, 0.4) is 0 Å². The third kappa shape index (κ3) is 3.38. The highest BCUT2D eigenvalue weighted by molar-refractivity contribution is 6.31. The predicted octanol–water partition coefficient (Wildman–Crippen LogP) is 2.92. The largest absolute Gasteiger partial charge is 0.353 e. The fraction of sp³-hybridized carbons (Fsp3) is 0.500. The van der Waals surface area contributed by atoms with E-state index in [9.17, 15) is 9.59 Å². The van der Waals surface area contributed by atoms with E-state index in [0.717, 1.165) is 17.7 Å². The van der Waals surface area contributed by atoms with Crippen LogP contribution in [0, 0.1) is 12.8 Å². The van der Waals surface area contributed by atoms with Crippen molar-refractivity contribution in [2.75, 3.05) is 11.4 Å². The smallest absolute Gasteiger partial charge is 0.227 e. The lowest BCUT2D eigenvalue weighted by molar-refractivity contribution is -0.126.